The van der Waals surface area contributed by atoms with Gasteiger partial charge < -0.3 is 15.7 Å². The number of carbonyl (C=O) groups excluding carboxylic acids is 1. The zero-order valence-electron chi connectivity index (χ0n) is 11.6. The van der Waals surface area contributed by atoms with Gasteiger partial charge in [0, 0.05) is 11.3 Å². The number of urea groups is 1. The molecule has 106 valence electrons. The van der Waals surface area contributed by atoms with Gasteiger partial charge in [0.1, 0.15) is 0 Å². The maximum absolute atomic E-state index is 11.9. The lowest BCUT2D eigenvalue weighted by atomic mass is 10.0. The molecule has 0 heterocycles. The number of thioether (sulfide) groups is 1. The molecule has 0 saturated heterocycles. The van der Waals surface area contributed by atoms with Crippen LogP contribution in [0.25, 0.3) is 0 Å². The second-order valence-corrected chi connectivity index (χ2v) is 6.52. The molecule has 0 bridgehead atoms. The van der Waals surface area contributed by atoms with Crippen LogP contribution in [-0.4, -0.2) is 41.3 Å². The van der Waals surface area contributed by atoms with Crippen molar-refractivity contribution in [1.82, 2.24) is 10.6 Å². The minimum atomic E-state index is -0.140. The van der Waals surface area contributed by atoms with Gasteiger partial charge in [-0.2, -0.15) is 11.8 Å². The Labute approximate surface area is 114 Å². The Morgan fingerprint density at radius 2 is 2.17 bits per heavy atom. The Bertz CT molecular complexity index is 261. The first-order valence-corrected chi connectivity index (χ1v) is 8.06. The van der Waals surface area contributed by atoms with Gasteiger partial charge in [0.25, 0.3) is 0 Å². The quantitative estimate of drug-likeness (QED) is 0.694. The molecule has 2 amide bonds. The number of aliphatic hydroxyl groups is 1. The molecule has 3 N–H and O–H groups in total. The summed E-state index contributed by atoms with van der Waals surface area (Å²) in [6, 6.07) is -0.00169. The molecule has 1 rings (SSSR count). The first-order chi connectivity index (χ1) is 8.56. The van der Waals surface area contributed by atoms with E-state index in [4.69, 9.17) is 0 Å². The van der Waals surface area contributed by atoms with E-state index in [1.807, 2.05) is 11.8 Å². The van der Waals surface area contributed by atoms with Gasteiger partial charge in [0.15, 0.2) is 0 Å². The number of carbonyl (C=O) groups is 1. The number of aliphatic hydroxyl groups excluding tert-OH is 1. The van der Waals surface area contributed by atoms with E-state index in [0.29, 0.717) is 11.2 Å². The predicted octanol–water partition coefficient (Wildman–Crippen LogP) is 1.98. The van der Waals surface area contributed by atoms with E-state index in [-0.39, 0.29) is 24.7 Å². The summed E-state index contributed by atoms with van der Waals surface area (Å²) in [5.41, 5.74) is 0. The maximum atomic E-state index is 11.9. The maximum Gasteiger partial charge on any atom is 0.315 e. The molecular formula is C13H26N2O2S. The van der Waals surface area contributed by atoms with Gasteiger partial charge in [0.05, 0.1) is 12.6 Å². The van der Waals surface area contributed by atoms with Gasteiger partial charge in [-0.3, -0.25) is 0 Å². The molecule has 5 heteroatoms. The second-order valence-electron chi connectivity index (χ2n) is 5.44. The van der Waals surface area contributed by atoms with Crippen LogP contribution in [0.5, 0.6) is 0 Å². The number of rotatable bonds is 6. The topological polar surface area (TPSA) is 61.4 Å². The molecular weight excluding hydrogens is 248 g/mol. The molecule has 4 nitrogen and oxygen atoms in total. The van der Waals surface area contributed by atoms with E-state index in [0.717, 1.165) is 12.8 Å². The van der Waals surface area contributed by atoms with Crippen molar-refractivity contribution in [3.63, 3.8) is 0 Å². The van der Waals surface area contributed by atoms with E-state index in [1.54, 1.807) is 0 Å². The van der Waals surface area contributed by atoms with E-state index >= 15 is 0 Å². The van der Waals surface area contributed by atoms with Crippen molar-refractivity contribution in [2.75, 3.05) is 12.9 Å². The monoisotopic (exact) mass is 274 g/mol. The van der Waals surface area contributed by atoms with E-state index in [2.05, 4.69) is 30.7 Å². The van der Waals surface area contributed by atoms with Crippen LogP contribution in [0.1, 0.15) is 39.5 Å². The molecule has 1 aliphatic rings. The summed E-state index contributed by atoms with van der Waals surface area (Å²) >= 11 is 1.83. The molecule has 0 aromatic carbocycles. The van der Waals surface area contributed by atoms with Crippen molar-refractivity contribution in [1.29, 1.82) is 0 Å². The normalized spacial score (nSPS) is 25.2. The number of hydrogen-bond acceptors (Lipinski definition) is 3. The molecule has 18 heavy (non-hydrogen) atoms. The Balaban J connectivity index is 2.35. The Morgan fingerprint density at radius 1 is 1.44 bits per heavy atom. The lowest BCUT2D eigenvalue weighted by Crippen LogP contribution is -2.49. The largest absolute Gasteiger partial charge is 0.394 e. The minimum absolute atomic E-state index is 0.00221. The molecule has 0 unspecified atom stereocenters. The van der Waals surface area contributed by atoms with Crippen LogP contribution in [-0.2, 0) is 0 Å². The van der Waals surface area contributed by atoms with E-state index < -0.39 is 0 Å². The Kier molecular flexibility index (Phi) is 6.86. The van der Waals surface area contributed by atoms with Gasteiger partial charge in [-0.15, -0.1) is 0 Å². The van der Waals surface area contributed by atoms with Crippen LogP contribution in [0.2, 0.25) is 0 Å². The molecule has 0 aliphatic heterocycles. The molecule has 1 fully saturated rings. The summed E-state index contributed by atoms with van der Waals surface area (Å²) in [5, 5.41) is 15.7. The summed E-state index contributed by atoms with van der Waals surface area (Å²) in [6.07, 6.45) is 6.33. The van der Waals surface area contributed by atoms with Crippen molar-refractivity contribution in [2.24, 2.45) is 5.92 Å². The molecule has 1 saturated carbocycles. The fourth-order valence-corrected chi connectivity index (χ4v) is 3.45. The second kappa shape index (κ2) is 7.89. The lowest BCUT2D eigenvalue weighted by molar-refractivity contribution is 0.205. The van der Waals surface area contributed by atoms with Crippen LogP contribution < -0.4 is 10.6 Å². The van der Waals surface area contributed by atoms with E-state index in [9.17, 15) is 9.90 Å². The van der Waals surface area contributed by atoms with Crippen molar-refractivity contribution < 1.29 is 9.90 Å². The van der Waals surface area contributed by atoms with Crippen molar-refractivity contribution in [3.05, 3.63) is 0 Å². The highest BCUT2D eigenvalue weighted by molar-refractivity contribution is 7.99. The third kappa shape index (κ3) is 5.06. The molecule has 0 aromatic rings. The van der Waals surface area contributed by atoms with Crippen LogP contribution in [0.3, 0.4) is 0 Å². The van der Waals surface area contributed by atoms with Crippen LogP contribution in [0.15, 0.2) is 0 Å². The zero-order valence-corrected chi connectivity index (χ0v) is 12.4. The minimum Gasteiger partial charge on any atom is -0.394 e. The highest BCUT2D eigenvalue weighted by Gasteiger charge is 2.28. The smallest absolute Gasteiger partial charge is 0.315 e. The Hall–Kier alpha value is -0.420. The average Bonchev–Trinajstić information content (AvgIpc) is 2.74. The van der Waals surface area contributed by atoms with Gasteiger partial charge in [-0.25, -0.2) is 4.79 Å². The SMILES string of the molecule is CS[C@@H]1CCC[C@H]1NC(=O)N[C@H](CO)CC(C)C. The fraction of sp³-hybridized carbons (Fsp3) is 0.923. The van der Waals surface area contributed by atoms with E-state index in [1.165, 1.54) is 12.8 Å². The molecule has 1 aliphatic carbocycles. The lowest BCUT2D eigenvalue weighted by Gasteiger charge is -2.23. The first-order valence-electron chi connectivity index (χ1n) is 6.77. The first kappa shape index (κ1) is 15.6. The third-order valence-corrected chi connectivity index (χ3v) is 4.55. The van der Waals surface area contributed by atoms with Crippen LogP contribution >= 0.6 is 11.8 Å². The summed E-state index contributed by atoms with van der Waals surface area (Å²) in [7, 11) is 0. The number of hydrogen-bond donors (Lipinski definition) is 3. The number of amides is 2. The van der Waals surface area contributed by atoms with Gasteiger partial charge in [-0.1, -0.05) is 20.3 Å². The number of nitrogens with one attached hydrogen (secondary N) is 2. The summed E-state index contributed by atoms with van der Waals surface area (Å²) in [5.74, 6) is 0.466. The average molecular weight is 274 g/mol. The molecule has 0 aromatic heterocycles. The molecule has 0 radical (unpaired) electrons. The fourth-order valence-electron chi connectivity index (χ4n) is 2.52. The summed E-state index contributed by atoms with van der Waals surface area (Å²) in [4.78, 5) is 11.9. The third-order valence-electron chi connectivity index (χ3n) is 3.38. The van der Waals surface area contributed by atoms with Crippen molar-refractivity contribution in [3.8, 4) is 0 Å². The van der Waals surface area contributed by atoms with Gasteiger partial charge in [0.2, 0.25) is 0 Å². The van der Waals surface area contributed by atoms with Crippen LogP contribution in [0.4, 0.5) is 4.79 Å². The van der Waals surface area contributed by atoms with Crippen molar-refractivity contribution >= 4 is 17.8 Å². The zero-order chi connectivity index (χ0) is 13.5. The van der Waals surface area contributed by atoms with Gasteiger partial charge >= 0.3 is 6.03 Å². The highest BCUT2D eigenvalue weighted by atomic mass is 32.2. The highest BCUT2D eigenvalue weighted by Crippen LogP contribution is 2.28. The van der Waals surface area contributed by atoms with Gasteiger partial charge in [-0.05, 0) is 31.4 Å². The predicted molar refractivity (Wildman–Crippen MR) is 76.9 cm³/mol. The Morgan fingerprint density at radius 3 is 2.72 bits per heavy atom. The van der Waals surface area contributed by atoms with Crippen molar-refractivity contribution in [2.45, 2.75) is 56.9 Å². The standard InChI is InChI=1S/C13H26N2O2S/c1-9(2)7-10(8-16)14-13(17)15-11-5-4-6-12(11)18-3/h9-12,16H,4-8H2,1-3H3,(H2,14,15,17)/t10-,11+,12+/m0/s1. The molecule has 3 atom stereocenters. The van der Waals surface area contributed by atoms with Crippen LogP contribution in [0, 0.1) is 5.92 Å². The summed E-state index contributed by atoms with van der Waals surface area (Å²) in [6.45, 7) is 4.17. The molecule has 0 spiro atoms. The summed E-state index contributed by atoms with van der Waals surface area (Å²) < 4.78 is 0.